The molecule has 18 heavy (non-hydrogen) atoms. The van der Waals surface area contributed by atoms with Gasteiger partial charge in [0.1, 0.15) is 10.2 Å². The molecule has 0 radical (unpaired) electrons. The quantitative estimate of drug-likeness (QED) is 0.937. The lowest BCUT2D eigenvalue weighted by Gasteiger charge is -2.07. The van der Waals surface area contributed by atoms with Crippen LogP contribution >= 0.6 is 34.7 Å². The van der Waals surface area contributed by atoms with E-state index in [0.717, 1.165) is 5.69 Å². The van der Waals surface area contributed by atoms with Crippen molar-refractivity contribution in [1.82, 2.24) is 9.97 Å². The Balaban J connectivity index is 2.45. The number of hydrogen-bond acceptors (Lipinski definition) is 5. The van der Waals surface area contributed by atoms with Gasteiger partial charge in [-0.05, 0) is 37.2 Å². The third-order valence-corrected chi connectivity index (χ3v) is 4.41. The van der Waals surface area contributed by atoms with Gasteiger partial charge >= 0.3 is 5.97 Å². The molecule has 0 aromatic carbocycles. The first-order valence-electron chi connectivity index (χ1n) is 4.98. The van der Waals surface area contributed by atoms with E-state index in [1.165, 1.54) is 23.1 Å². The smallest absolute Gasteiger partial charge is 0.338 e. The van der Waals surface area contributed by atoms with E-state index in [4.69, 9.17) is 11.6 Å². The summed E-state index contributed by atoms with van der Waals surface area (Å²) in [5.74, 6) is -0.981. The Kier molecular flexibility index (Phi) is 3.89. The van der Waals surface area contributed by atoms with Gasteiger partial charge in [-0.1, -0.05) is 11.6 Å². The number of carboxylic acids is 1. The Morgan fingerprint density at radius 2 is 2.17 bits per heavy atom. The minimum atomic E-state index is -0.981. The minimum Gasteiger partial charge on any atom is -0.478 e. The minimum absolute atomic E-state index is 0.219. The second-order valence-corrected chi connectivity index (χ2v) is 6.09. The number of pyridine rings is 1. The van der Waals surface area contributed by atoms with Gasteiger partial charge in [-0.2, -0.15) is 0 Å². The van der Waals surface area contributed by atoms with Crippen LogP contribution in [0, 0.1) is 13.8 Å². The zero-order chi connectivity index (χ0) is 13.3. The summed E-state index contributed by atoms with van der Waals surface area (Å²) >= 11 is 8.33. The first kappa shape index (κ1) is 13.3. The molecule has 2 rings (SSSR count). The number of aromatic nitrogens is 2. The molecule has 0 spiro atoms. The second kappa shape index (κ2) is 5.26. The number of nitrogens with zero attached hydrogens (tertiary/aromatic N) is 2. The van der Waals surface area contributed by atoms with E-state index in [0.29, 0.717) is 20.1 Å². The normalized spacial score (nSPS) is 10.6. The van der Waals surface area contributed by atoms with Crippen LogP contribution in [-0.2, 0) is 0 Å². The highest BCUT2D eigenvalue weighted by molar-refractivity contribution is 8.01. The van der Waals surface area contributed by atoms with Crippen LogP contribution in [0.3, 0.4) is 0 Å². The third-order valence-electron chi connectivity index (χ3n) is 2.16. The van der Waals surface area contributed by atoms with Gasteiger partial charge in [-0.25, -0.2) is 14.8 Å². The van der Waals surface area contributed by atoms with E-state index >= 15 is 0 Å². The van der Waals surface area contributed by atoms with Crippen LogP contribution in [-0.4, -0.2) is 21.0 Å². The Labute approximate surface area is 117 Å². The number of hydrogen-bond donors (Lipinski definition) is 1. The lowest BCUT2D eigenvalue weighted by Crippen LogP contribution is -2.05. The largest absolute Gasteiger partial charge is 0.478 e. The molecule has 0 fully saturated rings. The van der Waals surface area contributed by atoms with E-state index in [9.17, 15) is 9.90 Å². The number of rotatable bonds is 3. The summed E-state index contributed by atoms with van der Waals surface area (Å²) in [4.78, 5) is 19.6. The van der Waals surface area contributed by atoms with E-state index in [1.54, 1.807) is 18.4 Å². The fourth-order valence-electron chi connectivity index (χ4n) is 1.51. The SMILES string of the molecule is Cc1cc(C)c(C(=O)O)c(Sc2nc(Cl)cs2)n1. The lowest BCUT2D eigenvalue weighted by atomic mass is 10.1. The summed E-state index contributed by atoms with van der Waals surface area (Å²) < 4.78 is 0.681. The summed E-state index contributed by atoms with van der Waals surface area (Å²) in [6.45, 7) is 3.59. The molecule has 0 aliphatic rings. The maximum Gasteiger partial charge on any atom is 0.338 e. The van der Waals surface area contributed by atoms with Gasteiger partial charge in [-0.3, -0.25) is 0 Å². The van der Waals surface area contributed by atoms with Crippen LogP contribution < -0.4 is 0 Å². The number of aromatic carboxylic acids is 1. The summed E-state index contributed by atoms with van der Waals surface area (Å²) in [5.41, 5.74) is 1.69. The van der Waals surface area contributed by atoms with Gasteiger partial charge in [0.25, 0.3) is 0 Å². The molecule has 0 aliphatic heterocycles. The van der Waals surface area contributed by atoms with E-state index in [2.05, 4.69) is 9.97 Å². The van der Waals surface area contributed by atoms with Crippen molar-refractivity contribution in [3.63, 3.8) is 0 Å². The van der Waals surface area contributed by atoms with Crippen molar-refractivity contribution >= 4 is 40.7 Å². The van der Waals surface area contributed by atoms with Gasteiger partial charge in [0.15, 0.2) is 4.34 Å². The Bertz CT molecular complexity index is 613. The summed E-state index contributed by atoms with van der Waals surface area (Å²) in [6.07, 6.45) is 0. The second-order valence-electron chi connectivity index (χ2n) is 3.60. The fraction of sp³-hybridized carbons (Fsp3) is 0.182. The van der Waals surface area contributed by atoms with Gasteiger partial charge in [-0.15, -0.1) is 11.3 Å². The predicted molar refractivity (Wildman–Crippen MR) is 71.9 cm³/mol. The Morgan fingerprint density at radius 3 is 2.72 bits per heavy atom. The maximum atomic E-state index is 11.3. The molecule has 4 nitrogen and oxygen atoms in total. The van der Waals surface area contributed by atoms with Crippen molar-refractivity contribution in [2.75, 3.05) is 0 Å². The lowest BCUT2D eigenvalue weighted by molar-refractivity contribution is 0.0691. The molecule has 0 bridgehead atoms. The fourth-order valence-corrected chi connectivity index (χ4v) is 3.65. The molecule has 0 atom stereocenters. The molecule has 0 unspecified atom stereocenters. The van der Waals surface area contributed by atoms with Crippen LogP contribution in [0.5, 0.6) is 0 Å². The predicted octanol–water partition coefficient (Wildman–Crippen LogP) is 3.66. The monoisotopic (exact) mass is 300 g/mol. The standard InChI is InChI=1S/C11H9ClN2O2S2/c1-5-3-6(2)13-9(8(5)10(15)16)18-11-14-7(12)4-17-11/h3-4H,1-2H3,(H,15,16). The molecule has 0 aliphatic carbocycles. The topological polar surface area (TPSA) is 63.1 Å². The molecule has 94 valence electrons. The molecule has 0 saturated heterocycles. The van der Waals surface area contributed by atoms with Crippen molar-refractivity contribution in [1.29, 1.82) is 0 Å². The molecule has 1 N–H and O–H groups in total. The highest BCUT2D eigenvalue weighted by Crippen LogP contribution is 2.33. The highest BCUT2D eigenvalue weighted by atomic mass is 35.5. The van der Waals surface area contributed by atoms with Crippen LogP contribution in [0.4, 0.5) is 0 Å². The zero-order valence-electron chi connectivity index (χ0n) is 9.60. The van der Waals surface area contributed by atoms with Gasteiger partial charge in [0.05, 0.1) is 5.56 Å². The van der Waals surface area contributed by atoms with Crippen molar-refractivity contribution in [3.8, 4) is 0 Å². The number of thiazole rings is 1. The number of aryl methyl sites for hydroxylation is 2. The molecule has 0 amide bonds. The summed E-state index contributed by atoms with van der Waals surface area (Å²) in [6, 6.07) is 1.75. The van der Waals surface area contributed by atoms with Crippen LogP contribution in [0.25, 0.3) is 0 Å². The first-order chi connectivity index (χ1) is 8.47. The molecule has 2 aromatic heterocycles. The first-order valence-corrected chi connectivity index (χ1v) is 7.05. The molecule has 2 heterocycles. The summed E-state index contributed by atoms with van der Waals surface area (Å²) in [5, 5.41) is 11.8. The molecular formula is C11H9ClN2O2S2. The van der Waals surface area contributed by atoms with E-state index in [-0.39, 0.29) is 5.56 Å². The zero-order valence-corrected chi connectivity index (χ0v) is 12.0. The molecule has 7 heteroatoms. The van der Waals surface area contributed by atoms with Crippen molar-refractivity contribution in [3.05, 3.63) is 33.4 Å². The van der Waals surface area contributed by atoms with Crippen LogP contribution in [0.15, 0.2) is 20.8 Å². The van der Waals surface area contributed by atoms with Gasteiger partial charge in [0.2, 0.25) is 0 Å². The highest BCUT2D eigenvalue weighted by Gasteiger charge is 2.17. The average Bonchev–Trinajstić information content (AvgIpc) is 2.62. The van der Waals surface area contributed by atoms with E-state index in [1.807, 2.05) is 6.92 Å². The van der Waals surface area contributed by atoms with Crippen LogP contribution in [0.2, 0.25) is 5.15 Å². The van der Waals surface area contributed by atoms with Crippen molar-refractivity contribution in [2.24, 2.45) is 0 Å². The maximum absolute atomic E-state index is 11.3. The number of carbonyl (C=O) groups is 1. The van der Waals surface area contributed by atoms with Gasteiger partial charge in [0, 0.05) is 11.1 Å². The van der Waals surface area contributed by atoms with Crippen molar-refractivity contribution in [2.45, 2.75) is 23.2 Å². The van der Waals surface area contributed by atoms with Crippen LogP contribution in [0.1, 0.15) is 21.6 Å². The Hall–Kier alpha value is -1.11. The molecule has 2 aromatic rings. The average molecular weight is 301 g/mol. The molecule has 0 saturated carbocycles. The van der Waals surface area contributed by atoms with E-state index < -0.39 is 5.97 Å². The van der Waals surface area contributed by atoms with Gasteiger partial charge < -0.3 is 5.11 Å². The van der Waals surface area contributed by atoms with Crippen molar-refractivity contribution < 1.29 is 9.90 Å². The third kappa shape index (κ3) is 2.82. The Morgan fingerprint density at radius 1 is 1.44 bits per heavy atom. The number of halogens is 1. The molecular weight excluding hydrogens is 292 g/mol. The summed E-state index contributed by atoms with van der Waals surface area (Å²) in [7, 11) is 0. The number of carboxylic acid groups (broad SMARTS) is 1.